The lowest BCUT2D eigenvalue weighted by Gasteiger charge is -2.25. The molecule has 20 heavy (non-hydrogen) atoms. The largest absolute Gasteiger partial charge is 0.481 e. The molecular weight excluding hydrogens is 258 g/mol. The number of carboxylic acid groups (broad SMARTS) is 1. The number of carboxylic acids is 1. The molecule has 2 unspecified atom stereocenters. The second-order valence-corrected chi connectivity index (χ2v) is 5.10. The van der Waals surface area contributed by atoms with Crippen molar-refractivity contribution in [1.29, 1.82) is 0 Å². The first kappa shape index (κ1) is 16.2. The summed E-state index contributed by atoms with van der Waals surface area (Å²) in [5.41, 5.74) is -0.625. The van der Waals surface area contributed by atoms with Crippen molar-refractivity contribution in [3.05, 3.63) is 35.9 Å². The van der Waals surface area contributed by atoms with Crippen molar-refractivity contribution in [3.8, 4) is 0 Å². The van der Waals surface area contributed by atoms with Gasteiger partial charge in [0.1, 0.15) is 0 Å². The minimum absolute atomic E-state index is 0.111. The van der Waals surface area contributed by atoms with Crippen molar-refractivity contribution in [2.75, 3.05) is 13.7 Å². The lowest BCUT2D eigenvalue weighted by Crippen LogP contribution is -2.42. The summed E-state index contributed by atoms with van der Waals surface area (Å²) in [6, 6.07) is 8.64. The molecule has 1 aromatic carbocycles. The molecule has 0 aromatic heterocycles. The quantitative estimate of drug-likeness (QED) is 0.794. The first-order valence-electron chi connectivity index (χ1n) is 6.47. The third kappa shape index (κ3) is 4.06. The first-order valence-corrected chi connectivity index (χ1v) is 6.47. The van der Waals surface area contributed by atoms with E-state index in [1.165, 1.54) is 0 Å². The second-order valence-electron chi connectivity index (χ2n) is 5.10. The molecule has 5 heteroatoms. The Morgan fingerprint density at radius 3 is 2.45 bits per heavy atom. The summed E-state index contributed by atoms with van der Waals surface area (Å²) in [4.78, 5) is 23.6. The molecule has 0 heterocycles. The molecule has 0 fully saturated rings. The number of hydrogen-bond donors (Lipinski definition) is 2. The van der Waals surface area contributed by atoms with Crippen molar-refractivity contribution in [2.45, 2.75) is 31.7 Å². The Labute approximate surface area is 118 Å². The highest BCUT2D eigenvalue weighted by Crippen LogP contribution is 2.28. The van der Waals surface area contributed by atoms with Crippen LogP contribution >= 0.6 is 0 Å². The van der Waals surface area contributed by atoms with E-state index in [2.05, 4.69) is 5.32 Å². The molecule has 0 saturated carbocycles. The zero-order valence-electron chi connectivity index (χ0n) is 12.1. The number of rotatable bonds is 7. The fourth-order valence-corrected chi connectivity index (χ4v) is 2.05. The minimum Gasteiger partial charge on any atom is -0.481 e. The van der Waals surface area contributed by atoms with E-state index in [0.29, 0.717) is 12.2 Å². The smallest absolute Gasteiger partial charge is 0.314 e. The summed E-state index contributed by atoms with van der Waals surface area (Å²) < 4.78 is 4.94. The SMILES string of the molecule is COCC(C)NC(=O)CC(C)(C(=O)O)c1ccccc1. The van der Waals surface area contributed by atoms with E-state index in [-0.39, 0.29) is 18.4 Å². The molecule has 2 N–H and O–H groups in total. The lowest BCUT2D eigenvalue weighted by atomic mass is 9.79. The van der Waals surface area contributed by atoms with E-state index in [4.69, 9.17) is 4.74 Å². The van der Waals surface area contributed by atoms with Crippen LogP contribution in [0.1, 0.15) is 25.8 Å². The van der Waals surface area contributed by atoms with Gasteiger partial charge in [-0.15, -0.1) is 0 Å². The van der Waals surface area contributed by atoms with E-state index in [1.807, 2.05) is 13.0 Å². The van der Waals surface area contributed by atoms with E-state index in [9.17, 15) is 14.7 Å². The minimum atomic E-state index is -1.24. The molecule has 1 rings (SSSR count). The van der Waals surface area contributed by atoms with Crippen molar-refractivity contribution in [1.82, 2.24) is 5.32 Å². The highest BCUT2D eigenvalue weighted by atomic mass is 16.5. The number of ether oxygens (including phenoxy) is 1. The fourth-order valence-electron chi connectivity index (χ4n) is 2.05. The highest BCUT2D eigenvalue weighted by Gasteiger charge is 2.37. The molecule has 0 aliphatic heterocycles. The van der Waals surface area contributed by atoms with Gasteiger partial charge >= 0.3 is 5.97 Å². The molecule has 0 spiro atoms. The zero-order chi connectivity index (χ0) is 15.2. The van der Waals surface area contributed by atoms with Crippen LogP contribution in [0.3, 0.4) is 0 Å². The fraction of sp³-hybridized carbons (Fsp3) is 0.467. The topological polar surface area (TPSA) is 75.6 Å². The average Bonchev–Trinajstić information content (AvgIpc) is 2.39. The van der Waals surface area contributed by atoms with Crippen LogP contribution in [0.4, 0.5) is 0 Å². The van der Waals surface area contributed by atoms with E-state index < -0.39 is 11.4 Å². The monoisotopic (exact) mass is 279 g/mol. The molecular formula is C15H21NO4. The van der Waals surface area contributed by atoms with Crippen molar-refractivity contribution < 1.29 is 19.4 Å². The maximum absolute atomic E-state index is 12.0. The summed E-state index contributed by atoms with van der Waals surface area (Å²) in [5, 5.41) is 12.2. The van der Waals surface area contributed by atoms with Gasteiger partial charge in [0.15, 0.2) is 0 Å². The number of amides is 1. The summed E-state index contributed by atoms with van der Waals surface area (Å²) in [6.45, 7) is 3.76. The Balaban J connectivity index is 2.83. The lowest BCUT2D eigenvalue weighted by molar-refractivity contribution is -0.145. The van der Waals surface area contributed by atoms with E-state index in [0.717, 1.165) is 0 Å². The Bertz CT molecular complexity index is 460. The van der Waals surface area contributed by atoms with Crippen LogP contribution < -0.4 is 5.32 Å². The Morgan fingerprint density at radius 2 is 1.95 bits per heavy atom. The van der Waals surface area contributed by atoms with E-state index in [1.54, 1.807) is 38.3 Å². The van der Waals surface area contributed by atoms with Crippen molar-refractivity contribution in [3.63, 3.8) is 0 Å². The number of hydrogen-bond acceptors (Lipinski definition) is 3. The van der Waals surface area contributed by atoms with Gasteiger partial charge < -0.3 is 15.2 Å². The van der Waals surface area contributed by atoms with Crippen molar-refractivity contribution >= 4 is 11.9 Å². The molecule has 0 bridgehead atoms. The van der Waals surface area contributed by atoms with Crippen molar-refractivity contribution in [2.24, 2.45) is 0 Å². The summed E-state index contributed by atoms with van der Waals surface area (Å²) in [6.07, 6.45) is -0.111. The van der Waals surface area contributed by atoms with Gasteiger partial charge in [0.2, 0.25) is 5.91 Å². The molecule has 0 saturated heterocycles. The second kappa shape index (κ2) is 7.05. The van der Waals surface area contributed by atoms with Gasteiger partial charge in [0.05, 0.1) is 12.0 Å². The molecule has 0 aliphatic rings. The zero-order valence-corrected chi connectivity index (χ0v) is 12.1. The molecule has 2 atom stereocenters. The van der Waals surface area contributed by atoms with Crippen LogP contribution in [-0.4, -0.2) is 36.7 Å². The predicted octanol–water partition coefficient (Wildman–Crippen LogP) is 1.57. The summed E-state index contributed by atoms with van der Waals surface area (Å²) >= 11 is 0. The average molecular weight is 279 g/mol. The van der Waals surface area contributed by atoms with E-state index >= 15 is 0 Å². The molecule has 1 aromatic rings. The van der Waals surface area contributed by atoms with Crippen LogP contribution in [0.25, 0.3) is 0 Å². The number of nitrogens with one attached hydrogen (secondary N) is 1. The maximum atomic E-state index is 12.0. The number of methoxy groups -OCH3 is 1. The van der Waals surface area contributed by atoms with Gasteiger partial charge in [-0.3, -0.25) is 9.59 Å². The molecule has 1 amide bonds. The Kier molecular flexibility index (Phi) is 5.70. The number of benzene rings is 1. The van der Waals surface area contributed by atoms with Crippen LogP contribution in [0, 0.1) is 0 Å². The molecule has 5 nitrogen and oxygen atoms in total. The first-order chi connectivity index (χ1) is 9.40. The van der Waals surface area contributed by atoms with Gasteiger partial charge in [-0.1, -0.05) is 30.3 Å². The number of carbonyl (C=O) groups excluding carboxylic acids is 1. The predicted molar refractivity (Wildman–Crippen MR) is 75.5 cm³/mol. The van der Waals surface area contributed by atoms with Gasteiger partial charge in [-0.05, 0) is 19.4 Å². The molecule has 0 aliphatic carbocycles. The van der Waals surface area contributed by atoms with Gasteiger partial charge in [0, 0.05) is 19.6 Å². The maximum Gasteiger partial charge on any atom is 0.314 e. The number of carbonyl (C=O) groups is 2. The molecule has 0 radical (unpaired) electrons. The third-order valence-electron chi connectivity index (χ3n) is 3.22. The van der Waals surface area contributed by atoms with Crippen LogP contribution in [-0.2, 0) is 19.7 Å². The highest BCUT2D eigenvalue weighted by molar-refractivity contribution is 5.89. The van der Waals surface area contributed by atoms with Crippen LogP contribution in [0.2, 0.25) is 0 Å². The van der Waals surface area contributed by atoms with Crippen LogP contribution in [0.15, 0.2) is 30.3 Å². The Morgan fingerprint density at radius 1 is 1.35 bits per heavy atom. The van der Waals surface area contributed by atoms with Gasteiger partial charge in [0.25, 0.3) is 0 Å². The van der Waals surface area contributed by atoms with Crippen LogP contribution in [0.5, 0.6) is 0 Å². The van der Waals surface area contributed by atoms with Gasteiger partial charge in [-0.2, -0.15) is 0 Å². The van der Waals surface area contributed by atoms with Gasteiger partial charge in [-0.25, -0.2) is 0 Å². The summed E-state index contributed by atoms with van der Waals surface area (Å²) in [5.74, 6) is -1.32. The Hall–Kier alpha value is -1.88. The standard InChI is InChI=1S/C15H21NO4/c1-11(10-20-3)16-13(17)9-15(2,14(18)19)12-7-5-4-6-8-12/h4-8,11H,9-10H2,1-3H3,(H,16,17)(H,18,19). The number of aliphatic carboxylic acids is 1. The third-order valence-corrected chi connectivity index (χ3v) is 3.22. The summed E-state index contributed by atoms with van der Waals surface area (Å²) in [7, 11) is 1.55. The normalized spacial score (nSPS) is 15.2. The molecule has 110 valence electrons.